The Morgan fingerprint density at radius 1 is 1.20 bits per heavy atom. The standard InChI is InChI=1S/C13H23NO/c1-12(2)8-6-9-13(3,15-12)10-7-11-14(4)5/h6,8-9,11H2,1-5H3. The van der Waals surface area contributed by atoms with Crippen LogP contribution in [0.25, 0.3) is 0 Å². The Balaban J connectivity index is 2.60. The summed E-state index contributed by atoms with van der Waals surface area (Å²) in [6.07, 6.45) is 3.40. The first-order valence-corrected chi connectivity index (χ1v) is 5.68. The average Bonchev–Trinajstić information content (AvgIpc) is 1.99. The van der Waals surface area contributed by atoms with Gasteiger partial charge in [-0.15, -0.1) is 0 Å². The Bertz CT molecular complexity index is 272. The highest BCUT2D eigenvalue weighted by Gasteiger charge is 2.35. The van der Waals surface area contributed by atoms with E-state index in [0.717, 1.165) is 19.4 Å². The van der Waals surface area contributed by atoms with E-state index in [-0.39, 0.29) is 11.2 Å². The molecule has 1 atom stereocenters. The topological polar surface area (TPSA) is 12.5 Å². The van der Waals surface area contributed by atoms with Gasteiger partial charge in [0.1, 0.15) is 5.60 Å². The van der Waals surface area contributed by atoms with Crippen molar-refractivity contribution in [2.75, 3.05) is 20.6 Å². The lowest BCUT2D eigenvalue weighted by Gasteiger charge is -2.40. The first-order chi connectivity index (χ1) is 6.83. The predicted octanol–water partition coefficient (Wildman–Crippen LogP) is 2.29. The van der Waals surface area contributed by atoms with E-state index in [1.165, 1.54) is 6.42 Å². The predicted molar refractivity (Wildman–Crippen MR) is 63.8 cm³/mol. The Hall–Kier alpha value is -0.520. The Morgan fingerprint density at radius 2 is 1.87 bits per heavy atom. The summed E-state index contributed by atoms with van der Waals surface area (Å²) in [7, 11) is 4.06. The zero-order chi connectivity index (χ0) is 11.5. The minimum atomic E-state index is -0.238. The van der Waals surface area contributed by atoms with Gasteiger partial charge >= 0.3 is 0 Å². The number of hydrogen-bond acceptors (Lipinski definition) is 2. The van der Waals surface area contributed by atoms with Gasteiger partial charge in [0, 0.05) is 0 Å². The van der Waals surface area contributed by atoms with Gasteiger partial charge in [0.15, 0.2) is 0 Å². The zero-order valence-electron chi connectivity index (χ0n) is 10.7. The molecule has 0 aromatic heterocycles. The van der Waals surface area contributed by atoms with Gasteiger partial charge in [-0.05, 0) is 54.1 Å². The molecule has 1 unspecified atom stereocenters. The minimum absolute atomic E-state index is 0.0141. The largest absolute Gasteiger partial charge is 0.357 e. The van der Waals surface area contributed by atoms with E-state index in [4.69, 9.17) is 4.74 Å². The maximum absolute atomic E-state index is 6.05. The molecule has 0 amide bonds. The van der Waals surface area contributed by atoms with Gasteiger partial charge in [0.2, 0.25) is 0 Å². The SMILES string of the molecule is CN(C)CC#CC1(C)CCCC(C)(C)O1. The normalized spacial score (nSPS) is 29.7. The van der Waals surface area contributed by atoms with Crippen LogP contribution in [0.15, 0.2) is 0 Å². The highest BCUT2D eigenvalue weighted by atomic mass is 16.5. The molecule has 15 heavy (non-hydrogen) atoms. The lowest BCUT2D eigenvalue weighted by Crippen LogP contribution is -2.42. The van der Waals surface area contributed by atoms with Gasteiger partial charge in [0.25, 0.3) is 0 Å². The fourth-order valence-electron chi connectivity index (χ4n) is 2.04. The molecule has 1 fully saturated rings. The molecule has 1 aliphatic rings. The molecule has 0 saturated carbocycles. The third-order valence-electron chi connectivity index (χ3n) is 2.68. The molecule has 0 aliphatic carbocycles. The summed E-state index contributed by atoms with van der Waals surface area (Å²) in [6.45, 7) is 7.21. The molecule has 0 aromatic carbocycles. The van der Waals surface area contributed by atoms with E-state index in [1.807, 2.05) is 14.1 Å². The highest BCUT2D eigenvalue weighted by molar-refractivity contribution is 5.15. The monoisotopic (exact) mass is 209 g/mol. The van der Waals surface area contributed by atoms with Crippen LogP contribution in [0.1, 0.15) is 40.0 Å². The van der Waals surface area contributed by atoms with Crippen molar-refractivity contribution < 1.29 is 4.74 Å². The second-order valence-corrected chi connectivity index (χ2v) is 5.49. The zero-order valence-corrected chi connectivity index (χ0v) is 10.7. The maximum Gasteiger partial charge on any atom is 0.126 e. The highest BCUT2D eigenvalue weighted by Crippen LogP contribution is 2.34. The molecule has 0 aromatic rings. The summed E-state index contributed by atoms with van der Waals surface area (Å²) >= 11 is 0. The molecule has 0 bridgehead atoms. The molecule has 86 valence electrons. The first kappa shape index (κ1) is 12.5. The second kappa shape index (κ2) is 4.55. The molecule has 2 nitrogen and oxygen atoms in total. The summed E-state index contributed by atoms with van der Waals surface area (Å²) in [6, 6.07) is 0. The maximum atomic E-state index is 6.05. The third-order valence-corrected chi connectivity index (χ3v) is 2.68. The van der Waals surface area contributed by atoms with E-state index >= 15 is 0 Å². The van der Waals surface area contributed by atoms with Crippen molar-refractivity contribution in [3.05, 3.63) is 0 Å². The van der Waals surface area contributed by atoms with Gasteiger partial charge in [-0.2, -0.15) is 0 Å². The van der Waals surface area contributed by atoms with Gasteiger partial charge in [-0.25, -0.2) is 0 Å². The molecule has 0 N–H and O–H groups in total. The minimum Gasteiger partial charge on any atom is -0.357 e. The third kappa shape index (κ3) is 4.24. The van der Waals surface area contributed by atoms with Crippen LogP contribution < -0.4 is 0 Å². The van der Waals surface area contributed by atoms with E-state index in [0.29, 0.717) is 0 Å². The Kier molecular flexibility index (Phi) is 3.81. The molecular weight excluding hydrogens is 186 g/mol. The van der Waals surface area contributed by atoms with Crippen molar-refractivity contribution in [3.63, 3.8) is 0 Å². The van der Waals surface area contributed by atoms with Crippen molar-refractivity contribution in [2.24, 2.45) is 0 Å². The lowest BCUT2D eigenvalue weighted by molar-refractivity contribution is -0.135. The van der Waals surface area contributed by atoms with Crippen LogP contribution in [-0.4, -0.2) is 36.7 Å². The molecule has 0 radical (unpaired) electrons. The molecular formula is C13H23NO. The van der Waals surface area contributed by atoms with Crippen molar-refractivity contribution in [1.29, 1.82) is 0 Å². The Labute approximate surface area is 94.0 Å². The number of hydrogen-bond donors (Lipinski definition) is 0. The van der Waals surface area contributed by atoms with E-state index in [9.17, 15) is 0 Å². The van der Waals surface area contributed by atoms with Crippen LogP contribution >= 0.6 is 0 Å². The lowest BCUT2D eigenvalue weighted by atomic mass is 9.88. The Morgan fingerprint density at radius 3 is 2.40 bits per heavy atom. The van der Waals surface area contributed by atoms with Crippen LogP contribution in [0.5, 0.6) is 0 Å². The number of ether oxygens (including phenoxy) is 1. The number of rotatable bonds is 1. The fourth-order valence-corrected chi connectivity index (χ4v) is 2.04. The number of nitrogens with zero attached hydrogens (tertiary/aromatic N) is 1. The van der Waals surface area contributed by atoms with Crippen LogP contribution in [0, 0.1) is 11.8 Å². The summed E-state index contributed by atoms with van der Waals surface area (Å²) < 4.78 is 6.05. The molecule has 1 heterocycles. The first-order valence-electron chi connectivity index (χ1n) is 5.68. The smallest absolute Gasteiger partial charge is 0.126 e. The summed E-state index contributed by atoms with van der Waals surface area (Å²) in [5, 5.41) is 0. The van der Waals surface area contributed by atoms with E-state index < -0.39 is 0 Å². The summed E-state index contributed by atoms with van der Waals surface area (Å²) in [5.74, 6) is 6.45. The van der Waals surface area contributed by atoms with Crippen molar-refractivity contribution in [1.82, 2.24) is 4.90 Å². The molecule has 1 saturated heterocycles. The van der Waals surface area contributed by atoms with E-state index in [1.54, 1.807) is 0 Å². The summed E-state index contributed by atoms with van der Waals surface area (Å²) in [4.78, 5) is 2.07. The molecule has 1 rings (SSSR count). The van der Waals surface area contributed by atoms with Gasteiger partial charge < -0.3 is 4.74 Å². The van der Waals surface area contributed by atoms with Crippen LogP contribution in [0.2, 0.25) is 0 Å². The second-order valence-electron chi connectivity index (χ2n) is 5.49. The van der Waals surface area contributed by atoms with Gasteiger partial charge in [-0.1, -0.05) is 11.8 Å². The van der Waals surface area contributed by atoms with Crippen molar-refractivity contribution >= 4 is 0 Å². The quantitative estimate of drug-likeness (QED) is 0.614. The van der Waals surface area contributed by atoms with Crippen molar-refractivity contribution in [3.8, 4) is 11.8 Å². The summed E-state index contributed by atoms with van der Waals surface area (Å²) in [5.41, 5.74) is -0.252. The van der Waals surface area contributed by atoms with Crippen molar-refractivity contribution in [2.45, 2.75) is 51.2 Å². The van der Waals surface area contributed by atoms with Gasteiger partial charge in [-0.3, -0.25) is 4.90 Å². The molecule has 1 aliphatic heterocycles. The van der Waals surface area contributed by atoms with Crippen LogP contribution in [0.4, 0.5) is 0 Å². The van der Waals surface area contributed by atoms with Crippen LogP contribution in [0.3, 0.4) is 0 Å². The van der Waals surface area contributed by atoms with E-state index in [2.05, 4.69) is 37.5 Å². The fraction of sp³-hybridized carbons (Fsp3) is 0.846. The molecule has 0 spiro atoms. The molecule has 2 heteroatoms. The van der Waals surface area contributed by atoms with Gasteiger partial charge in [0.05, 0.1) is 12.1 Å². The average molecular weight is 209 g/mol. The van der Waals surface area contributed by atoms with Crippen LogP contribution in [-0.2, 0) is 4.74 Å².